The number of hydrogen-bond acceptors (Lipinski definition) is 1. The monoisotopic (exact) mass is 375 g/mol. The zero-order valence-corrected chi connectivity index (χ0v) is 18.7. The van der Waals surface area contributed by atoms with Crippen LogP contribution in [0.1, 0.15) is 61.9 Å². The lowest BCUT2D eigenvalue weighted by atomic mass is 9.89. The fourth-order valence-electron chi connectivity index (χ4n) is 5.67. The van der Waals surface area contributed by atoms with Gasteiger partial charge < -0.3 is 4.98 Å². The predicted octanol–water partition coefficient (Wildman–Crippen LogP) is 6.48. The van der Waals surface area contributed by atoms with Gasteiger partial charge in [0.05, 0.1) is 0 Å². The molecular formula is C25H33NSi. The van der Waals surface area contributed by atoms with Gasteiger partial charge in [0.2, 0.25) is 0 Å². The Labute approximate surface area is 166 Å². The van der Waals surface area contributed by atoms with E-state index in [1.807, 2.05) is 0 Å². The molecule has 0 radical (unpaired) electrons. The first-order chi connectivity index (χ1) is 12.7. The number of aryl methyl sites for hydroxylation is 1. The molecule has 0 saturated carbocycles. The van der Waals surface area contributed by atoms with Gasteiger partial charge in [-0.05, 0) is 80.3 Å². The summed E-state index contributed by atoms with van der Waals surface area (Å²) in [4.78, 5) is 4.03. The molecule has 0 bridgehead atoms. The summed E-state index contributed by atoms with van der Waals surface area (Å²) in [6, 6.07) is 13.6. The molecule has 1 unspecified atom stereocenters. The Morgan fingerprint density at radius 2 is 1.74 bits per heavy atom. The second kappa shape index (κ2) is 6.46. The third-order valence-electron chi connectivity index (χ3n) is 6.09. The van der Waals surface area contributed by atoms with Crippen molar-refractivity contribution in [3.8, 4) is 11.1 Å². The Bertz CT molecular complexity index is 900. The lowest BCUT2D eigenvalue weighted by Crippen LogP contribution is -2.58. The van der Waals surface area contributed by atoms with E-state index in [9.17, 15) is 0 Å². The summed E-state index contributed by atoms with van der Waals surface area (Å²) in [5.41, 5.74) is 11.4. The van der Waals surface area contributed by atoms with Crippen LogP contribution in [0.2, 0.25) is 13.1 Å². The molecule has 2 aliphatic carbocycles. The maximum Gasteiger partial charge on any atom is 0.131 e. The topological polar surface area (TPSA) is 12.0 Å². The van der Waals surface area contributed by atoms with Crippen molar-refractivity contribution in [3.63, 3.8) is 0 Å². The summed E-state index contributed by atoms with van der Waals surface area (Å²) < 4.78 is 0. The van der Waals surface area contributed by atoms with Gasteiger partial charge in [-0.2, -0.15) is 0 Å². The lowest BCUT2D eigenvalue weighted by Gasteiger charge is -2.39. The molecule has 0 saturated heterocycles. The van der Waals surface area contributed by atoms with Gasteiger partial charge in [-0.15, -0.1) is 0 Å². The van der Waals surface area contributed by atoms with Crippen LogP contribution in [0.15, 0.2) is 42.0 Å². The minimum Gasteiger partial charge on any atom is -0.332 e. The quantitative estimate of drug-likeness (QED) is 0.606. The Morgan fingerprint density at radius 3 is 2.41 bits per heavy atom. The Morgan fingerprint density at radius 1 is 1.04 bits per heavy atom. The summed E-state index contributed by atoms with van der Waals surface area (Å²) in [5, 5.41) is 0. The minimum absolute atomic E-state index is 0.151. The van der Waals surface area contributed by atoms with Gasteiger partial charge >= 0.3 is 0 Å². The first kappa shape index (κ1) is 18.7. The highest BCUT2D eigenvalue weighted by Gasteiger charge is 2.41. The predicted molar refractivity (Wildman–Crippen MR) is 121 cm³/mol. The molecule has 1 atom stereocenters. The number of fused-ring (bicyclic) bond motifs is 2. The molecule has 1 nitrogen and oxygen atoms in total. The zero-order valence-electron chi connectivity index (χ0n) is 17.7. The Kier molecular flexibility index (Phi) is 4.48. The van der Waals surface area contributed by atoms with Crippen LogP contribution >= 0.6 is 0 Å². The number of benzene rings is 2. The van der Waals surface area contributed by atoms with Crippen molar-refractivity contribution in [1.29, 1.82) is 0 Å². The molecule has 0 aliphatic heterocycles. The van der Waals surface area contributed by atoms with Crippen LogP contribution in [0.4, 0.5) is 0 Å². The summed E-state index contributed by atoms with van der Waals surface area (Å²) in [6.45, 7) is 14.3. The molecule has 0 heterocycles. The van der Waals surface area contributed by atoms with Gasteiger partial charge in [0.1, 0.15) is 8.24 Å². The third kappa shape index (κ3) is 3.34. The van der Waals surface area contributed by atoms with Gasteiger partial charge in [-0.3, -0.25) is 0 Å². The summed E-state index contributed by atoms with van der Waals surface area (Å²) in [6.07, 6.45) is 6.26. The number of hydrogen-bond donors (Lipinski definition) is 1. The van der Waals surface area contributed by atoms with Crippen molar-refractivity contribution in [2.24, 2.45) is 0 Å². The highest BCUT2D eigenvalue weighted by molar-refractivity contribution is 6.77. The molecular weight excluding hydrogens is 342 g/mol. The van der Waals surface area contributed by atoms with Gasteiger partial charge in [0.15, 0.2) is 0 Å². The number of rotatable bonds is 3. The van der Waals surface area contributed by atoms with Crippen LogP contribution in [-0.2, 0) is 12.8 Å². The molecule has 0 amide bonds. The minimum atomic E-state index is -1.69. The maximum atomic E-state index is 4.03. The normalized spacial score (nSPS) is 19.0. The van der Waals surface area contributed by atoms with E-state index in [0.717, 1.165) is 0 Å². The van der Waals surface area contributed by atoms with Gasteiger partial charge in [-0.25, -0.2) is 0 Å². The van der Waals surface area contributed by atoms with Crippen LogP contribution < -0.4 is 4.98 Å². The first-order valence-electron chi connectivity index (χ1n) is 10.4. The van der Waals surface area contributed by atoms with Crippen LogP contribution in [0.25, 0.3) is 17.2 Å². The molecule has 27 heavy (non-hydrogen) atoms. The van der Waals surface area contributed by atoms with Gasteiger partial charge in [-0.1, -0.05) is 61.1 Å². The molecule has 142 valence electrons. The first-order valence-corrected chi connectivity index (χ1v) is 13.5. The van der Waals surface area contributed by atoms with E-state index in [4.69, 9.17) is 0 Å². The van der Waals surface area contributed by atoms with Crippen molar-refractivity contribution < 1.29 is 0 Å². The molecule has 2 heteroatoms. The fourth-order valence-corrected chi connectivity index (χ4v) is 9.98. The number of allylic oxidation sites excluding steroid dienone is 1. The fraction of sp³-hybridized carbons (Fsp3) is 0.440. The average Bonchev–Trinajstić information content (AvgIpc) is 3.14. The highest BCUT2D eigenvalue weighted by Crippen LogP contribution is 2.48. The Hall–Kier alpha value is -1.64. The van der Waals surface area contributed by atoms with Gasteiger partial charge in [0, 0.05) is 11.1 Å². The van der Waals surface area contributed by atoms with Crippen molar-refractivity contribution in [2.75, 3.05) is 0 Å². The largest absolute Gasteiger partial charge is 0.332 e. The van der Waals surface area contributed by atoms with Gasteiger partial charge in [0.25, 0.3) is 0 Å². The van der Waals surface area contributed by atoms with Crippen LogP contribution in [-0.4, -0.2) is 13.8 Å². The lowest BCUT2D eigenvalue weighted by molar-refractivity contribution is 0.508. The maximum absolute atomic E-state index is 4.03. The summed E-state index contributed by atoms with van der Waals surface area (Å²) >= 11 is 0. The zero-order chi connectivity index (χ0) is 19.4. The van der Waals surface area contributed by atoms with E-state index >= 15 is 0 Å². The van der Waals surface area contributed by atoms with E-state index in [-0.39, 0.29) is 5.54 Å². The second-order valence-electron chi connectivity index (χ2n) is 10.0. The molecule has 0 spiro atoms. The smallest absolute Gasteiger partial charge is 0.131 e. The molecule has 1 N–H and O–H groups in total. The molecule has 4 rings (SSSR count). The van der Waals surface area contributed by atoms with Crippen molar-refractivity contribution in [3.05, 3.63) is 64.2 Å². The van der Waals surface area contributed by atoms with Crippen molar-refractivity contribution in [2.45, 2.75) is 71.1 Å². The van der Waals surface area contributed by atoms with E-state index in [0.29, 0.717) is 5.54 Å². The third-order valence-corrected chi connectivity index (χ3v) is 9.70. The second-order valence-corrected chi connectivity index (χ2v) is 14.3. The standard InChI is InChI=1S/C25H33NSi/c1-17-15-21-22(24(17)27(5,6)26-25(2,3)4)16-19-13-10-14-20(19)23(21)18-11-8-7-9-12-18/h7-9,11-12,15-16,24,26H,10,13-14H2,1-6H3. The Balaban J connectivity index is 1.90. The van der Waals surface area contributed by atoms with E-state index in [2.05, 4.69) is 88.2 Å². The molecule has 2 aromatic rings. The average molecular weight is 376 g/mol. The summed E-state index contributed by atoms with van der Waals surface area (Å²) in [7, 11) is -1.69. The SMILES string of the molecule is CC1=Cc2c(cc3c(c2-c2ccccc2)CCC3)C1[Si](C)(C)NC(C)(C)C. The summed E-state index contributed by atoms with van der Waals surface area (Å²) in [5.74, 6) is 0. The van der Waals surface area contributed by atoms with E-state index in [1.165, 1.54) is 36.0 Å². The van der Waals surface area contributed by atoms with Crippen LogP contribution in [0.5, 0.6) is 0 Å². The highest BCUT2D eigenvalue weighted by atomic mass is 28.3. The van der Waals surface area contributed by atoms with E-state index < -0.39 is 8.24 Å². The molecule has 2 aliphatic rings. The molecule has 0 aromatic heterocycles. The van der Waals surface area contributed by atoms with Crippen molar-refractivity contribution >= 4 is 14.3 Å². The van der Waals surface area contributed by atoms with Crippen LogP contribution in [0, 0.1) is 0 Å². The number of nitrogens with one attached hydrogen (secondary N) is 1. The molecule has 2 aromatic carbocycles. The molecule has 0 fully saturated rings. The van der Waals surface area contributed by atoms with Crippen LogP contribution in [0.3, 0.4) is 0 Å². The van der Waals surface area contributed by atoms with E-state index in [1.54, 1.807) is 22.3 Å². The van der Waals surface area contributed by atoms with Crippen molar-refractivity contribution in [1.82, 2.24) is 4.98 Å².